The number of hydrogen-bond donors (Lipinski definition) is 1. The fourth-order valence-corrected chi connectivity index (χ4v) is 2.46. The maximum absolute atomic E-state index is 8.96. The monoisotopic (exact) mass is 219 g/mol. The molecule has 1 aromatic carbocycles. The summed E-state index contributed by atoms with van der Waals surface area (Å²) in [6.07, 6.45) is 0. The van der Waals surface area contributed by atoms with Gasteiger partial charge >= 0.3 is 0 Å². The number of aryl methyl sites for hydroxylation is 2. The molecule has 0 fully saturated rings. The van der Waals surface area contributed by atoms with Crippen molar-refractivity contribution in [3.63, 3.8) is 0 Å². The molecule has 1 aromatic heterocycles. The van der Waals surface area contributed by atoms with Crippen molar-refractivity contribution in [2.24, 2.45) is 0 Å². The summed E-state index contributed by atoms with van der Waals surface area (Å²) in [6.45, 7) is 4.18. The molecule has 0 aliphatic rings. The van der Waals surface area contributed by atoms with Crippen LogP contribution in [0.2, 0.25) is 0 Å². The number of nitrogens with zero attached hydrogens (tertiary/aromatic N) is 1. The van der Waals surface area contributed by atoms with Crippen LogP contribution in [0.25, 0.3) is 10.6 Å². The van der Waals surface area contributed by atoms with Crippen LogP contribution in [0.4, 0.5) is 0 Å². The number of aromatic nitrogens is 1. The predicted molar refractivity (Wildman–Crippen MR) is 62.9 cm³/mol. The van der Waals surface area contributed by atoms with E-state index in [2.05, 4.69) is 37.0 Å². The third kappa shape index (κ3) is 2.08. The molecule has 0 radical (unpaired) electrons. The highest BCUT2D eigenvalue weighted by Gasteiger charge is 2.06. The van der Waals surface area contributed by atoms with E-state index in [-0.39, 0.29) is 6.61 Å². The van der Waals surface area contributed by atoms with Gasteiger partial charge in [-0.2, -0.15) is 0 Å². The molecule has 15 heavy (non-hydrogen) atoms. The first kappa shape index (κ1) is 10.3. The van der Waals surface area contributed by atoms with Crippen LogP contribution in [0.15, 0.2) is 23.6 Å². The Morgan fingerprint density at radius 3 is 2.73 bits per heavy atom. The molecule has 2 aromatic rings. The smallest absolute Gasteiger partial charge is 0.123 e. The van der Waals surface area contributed by atoms with Gasteiger partial charge in [-0.1, -0.05) is 23.8 Å². The Bertz CT molecular complexity index is 476. The summed E-state index contributed by atoms with van der Waals surface area (Å²) in [6, 6.07) is 6.32. The number of aliphatic hydroxyl groups excluding tert-OH is 1. The van der Waals surface area contributed by atoms with Gasteiger partial charge < -0.3 is 5.11 Å². The van der Waals surface area contributed by atoms with Crippen LogP contribution in [0, 0.1) is 13.8 Å². The van der Waals surface area contributed by atoms with Crippen molar-refractivity contribution < 1.29 is 5.11 Å². The number of hydrogen-bond acceptors (Lipinski definition) is 3. The molecule has 0 saturated heterocycles. The minimum Gasteiger partial charge on any atom is -0.390 e. The second kappa shape index (κ2) is 4.13. The van der Waals surface area contributed by atoms with E-state index >= 15 is 0 Å². The van der Waals surface area contributed by atoms with E-state index in [0.29, 0.717) is 0 Å². The highest BCUT2D eigenvalue weighted by Crippen LogP contribution is 2.27. The van der Waals surface area contributed by atoms with Crippen molar-refractivity contribution in [1.82, 2.24) is 4.98 Å². The van der Waals surface area contributed by atoms with E-state index in [1.165, 1.54) is 11.1 Å². The van der Waals surface area contributed by atoms with Gasteiger partial charge in [0.15, 0.2) is 0 Å². The molecule has 0 aliphatic heterocycles. The highest BCUT2D eigenvalue weighted by molar-refractivity contribution is 7.13. The molecular formula is C12H13NOS. The molecule has 0 bridgehead atoms. The molecule has 3 heteroatoms. The van der Waals surface area contributed by atoms with Crippen molar-refractivity contribution in [2.45, 2.75) is 20.5 Å². The first-order valence-electron chi connectivity index (χ1n) is 4.83. The molecule has 0 saturated carbocycles. The summed E-state index contributed by atoms with van der Waals surface area (Å²) in [5.41, 5.74) is 4.39. The Morgan fingerprint density at radius 1 is 1.33 bits per heavy atom. The normalized spacial score (nSPS) is 10.6. The van der Waals surface area contributed by atoms with Crippen LogP contribution in [0.1, 0.15) is 16.8 Å². The third-order valence-corrected chi connectivity index (χ3v) is 3.25. The summed E-state index contributed by atoms with van der Waals surface area (Å²) < 4.78 is 0. The number of thiazole rings is 1. The van der Waals surface area contributed by atoms with Gasteiger partial charge in [0.25, 0.3) is 0 Å². The zero-order valence-corrected chi connectivity index (χ0v) is 9.64. The van der Waals surface area contributed by atoms with Crippen LogP contribution < -0.4 is 0 Å². The highest BCUT2D eigenvalue weighted by atomic mass is 32.1. The molecule has 0 amide bonds. The minimum absolute atomic E-state index is 0.0153. The largest absolute Gasteiger partial charge is 0.390 e. The zero-order valence-electron chi connectivity index (χ0n) is 8.82. The second-order valence-corrected chi connectivity index (χ2v) is 4.48. The van der Waals surface area contributed by atoms with Crippen molar-refractivity contribution in [2.75, 3.05) is 0 Å². The van der Waals surface area contributed by atoms with E-state index in [0.717, 1.165) is 16.3 Å². The SMILES string of the molecule is Cc1ccc(-c2nc(CO)cs2)c(C)c1. The fourth-order valence-electron chi connectivity index (χ4n) is 1.56. The topological polar surface area (TPSA) is 33.1 Å². The van der Waals surface area contributed by atoms with Gasteiger partial charge in [0, 0.05) is 10.9 Å². The van der Waals surface area contributed by atoms with E-state index in [4.69, 9.17) is 5.11 Å². The van der Waals surface area contributed by atoms with E-state index in [1.54, 1.807) is 11.3 Å². The zero-order chi connectivity index (χ0) is 10.8. The van der Waals surface area contributed by atoms with Crippen LogP contribution >= 0.6 is 11.3 Å². The molecular weight excluding hydrogens is 206 g/mol. The summed E-state index contributed by atoms with van der Waals surface area (Å²) in [7, 11) is 0. The molecule has 0 atom stereocenters. The molecule has 0 unspecified atom stereocenters. The average Bonchev–Trinajstić information content (AvgIpc) is 2.66. The van der Waals surface area contributed by atoms with Crippen LogP contribution in [0.5, 0.6) is 0 Å². The van der Waals surface area contributed by atoms with Crippen molar-refractivity contribution >= 4 is 11.3 Å². The Hall–Kier alpha value is -1.19. The quantitative estimate of drug-likeness (QED) is 0.842. The molecule has 1 N–H and O–H groups in total. The lowest BCUT2D eigenvalue weighted by Crippen LogP contribution is -1.86. The summed E-state index contributed by atoms with van der Waals surface area (Å²) in [4.78, 5) is 4.36. The second-order valence-electron chi connectivity index (χ2n) is 3.62. The van der Waals surface area contributed by atoms with E-state index in [1.807, 2.05) is 5.38 Å². The van der Waals surface area contributed by atoms with Gasteiger partial charge in [0.2, 0.25) is 0 Å². The molecule has 1 heterocycles. The lowest BCUT2D eigenvalue weighted by molar-refractivity contribution is 0.278. The van der Waals surface area contributed by atoms with Gasteiger partial charge in [0.1, 0.15) is 5.01 Å². The van der Waals surface area contributed by atoms with Gasteiger partial charge in [-0.3, -0.25) is 0 Å². The first-order chi connectivity index (χ1) is 7.20. The summed E-state index contributed by atoms with van der Waals surface area (Å²) in [5.74, 6) is 0. The number of rotatable bonds is 2. The predicted octanol–water partition coefficient (Wildman–Crippen LogP) is 2.92. The Morgan fingerprint density at radius 2 is 2.13 bits per heavy atom. The summed E-state index contributed by atoms with van der Waals surface area (Å²) >= 11 is 1.58. The Balaban J connectivity index is 2.44. The number of aliphatic hydroxyl groups is 1. The van der Waals surface area contributed by atoms with Crippen molar-refractivity contribution in [3.05, 3.63) is 40.4 Å². The maximum atomic E-state index is 8.96. The average molecular weight is 219 g/mol. The molecule has 0 spiro atoms. The lowest BCUT2D eigenvalue weighted by Gasteiger charge is -2.02. The van der Waals surface area contributed by atoms with Crippen LogP contribution in [-0.4, -0.2) is 10.1 Å². The van der Waals surface area contributed by atoms with E-state index < -0.39 is 0 Å². The van der Waals surface area contributed by atoms with Crippen LogP contribution in [-0.2, 0) is 6.61 Å². The van der Waals surface area contributed by atoms with Crippen molar-refractivity contribution in [1.29, 1.82) is 0 Å². The Kier molecular flexibility index (Phi) is 2.84. The van der Waals surface area contributed by atoms with Gasteiger partial charge in [0.05, 0.1) is 12.3 Å². The van der Waals surface area contributed by atoms with Crippen LogP contribution in [0.3, 0.4) is 0 Å². The van der Waals surface area contributed by atoms with Gasteiger partial charge in [-0.15, -0.1) is 11.3 Å². The minimum atomic E-state index is 0.0153. The molecule has 0 aliphatic carbocycles. The lowest BCUT2D eigenvalue weighted by atomic mass is 10.1. The fraction of sp³-hybridized carbons (Fsp3) is 0.250. The molecule has 2 nitrogen and oxygen atoms in total. The van der Waals surface area contributed by atoms with Gasteiger partial charge in [-0.05, 0) is 19.4 Å². The molecule has 2 rings (SSSR count). The summed E-state index contributed by atoms with van der Waals surface area (Å²) in [5, 5.41) is 11.8. The molecule has 78 valence electrons. The van der Waals surface area contributed by atoms with E-state index in [9.17, 15) is 0 Å². The van der Waals surface area contributed by atoms with Gasteiger partial charge in [-0.25, -0.2) is 4.98 Å². The maximum Gasteiger partial charge on any atom is 0.123 e. The first-order valence-corrected chi connectivity index (χ1v) is 5.71. The number of benzene rings is 1. The standard InChI is InChI=1S/C12H13NOS/c1-8-3-4-11(9(2)5-8)12-13-10(6-14)7-15-12/h3-5,7,14H,6H2,1-2H3. The van der Waals surface area contributed by atoms with Crippen molar-refractivity contribution in [3.8, 4) is 10.6 Å². The third-order valence-electron chi connectivity index (χ3n) is 2.33. The Labute approximate surface area is 93.2 Å².